The minimum absolute atomic E-state index is 0.0822. The maximum absolute atomic E-state index is 12.3. The third kappa shape index (κ3) is 28.4. The third-order valence-electron chi connectivity index (χ3n) is 7.83. The van der Waals surface area contributed by atoms with Gasteiger partial charge in [-0.25, -0.2) is 0 Å². The Morgan fingerprint density at radius 1 is 0.650 bits per heavy atom. The van der Waals surface area contributed by atoms with Gasteiger partial charge in [0.2, 0.25) is 5.91 Å². The van der Waals surface area contributed by atoms with Gasteiger partial charge in [0.1, 0.15) is 0 Å². The van der Waals surface area contributed by atoms with E-state index in [1.165, 1.54) is 116 Å². The topological polar surface area (TPSA) is 69.6 Å². The molecule has 0 fully saturated rings. The van der Waals surface area contributed by atoms with E-state index >= 15 is 0 Å². The Hall–Kier alpha value is -1.13. The van der Waals surface area contributed by atoms with Crippen molar-refractivity contribution < 1.29 is 16.4 Å². The molecule has 4 heteroatoms. The van der Waals surface area contributed by atoms with Crippen LogP contribution in [0.25, 0.3) is 0 Å². The normalized spacial score (nSPS) is 13.7. The monoisotopic (exact) mass is 565 g/mol. The summed E-state index contributed by atoms with van der Waals surface area (Å²) in [5.74, 6) is -0.0822. The zero-order valence-electron chi connectivity index (χ0n) is 27.6. The lowest BCUT2D eigenvalue weighted by atomic mass is 10.0. The molecule has 3 N–H and O–H groups in total. The summed E-state index contributed by atoms with van der Waals surface area (Å²) in [5, 5.41) is 22.8. The summed E-state index contributed by atoms with van der Waals surface area (Å²) in [4.78, 5) is 12.3. The van der Waals surface area contributed by atoms with Crippen LogP contribution < -0.4 is 5.32 Å². The lowest BCUT2D eigenvalue weighted by Gasteiger charge is -2.20. The van der Waals surface area contributed by atoms with Gasteiger partial charge in [-0.15, -0.1) is 0 Å². The van der Waals surface area contributed by atoms with Crippen LogP contribution in [0.15, 0.2) is 24.3 Å². The molecule has 40 heavy (non-hydrogen) atoms. The van der Waals surface area contributed by atoms with E-state index in [0.29, 0.717) is 13.3 Å². The highest BCUT2D eigenvalue weighted by Gasteiger charge is 2.17. The van der Waals surface area contributed by atoms with E-state index < -0.39 is 12.1 Å². The van der Waals surface area contributed by atoms with E-state index in [4.69, 9.17) is 1.37 Å². The van der Waals surface area contributed by atoms with Crippen LogP contribution in [0.1, 0.15) is 182 Å². The van der Waals surface area contributed by atoms with Crippen molar-refractivity contribution in [3.63, 3.8) is 0 Å². The van der Waals surface area contributed by atoms with Gasteiger partial charge in [0.25, 0.3) is 0 Å². The standard InChI is InChI=1S/C36H69NO3/c1-3-5-7-9-11-13-15-17-18-20-22-24-26-28-30-32-36(40)37-34(33-38)35(39)31-29-27-25-23-21-19-16-14-12-10-8-6-4-2/h17-18,29,31,34-35,38-39H,3-16,19-28,30,32-33H2,1-2H3,(H,37,40)/b18-17-,31-29+/t34-,35+/m0/s1/i1D. The average Bonchev–Trinajstić information content (AvgIpc) is 2.97. The number of hydrogen-bond acceptors (Lipinski definition) is 3. The number of hydrogen-bond donors (Lipinski definition) is 3. The second-order valence-corrected chi connectivity index (χ2v) is 11.8. The van der Waals surface area contributed by atoms with Crippen molar-refractivity contribution in [3.8, 4) is 0 Å². The van der Waals surface area contributed by atoms with Crippen molar-refractivity contribution in [1.29, 1.82) is 0 Å². The van der Waals surface area contributed by atoms with Crippen LogP contribution in [-0.4, -0.2) is 34.9 Å². The molecular weight excluding hydrogens is 494 g/mol. The van der Waals surface area contributed by atoms with E-state index in [2.05, 4.69) is 24.4 Å². The van der Waals surface area contributed by atoms with E-state index in [-0.39, 0.29) is 12.5 Å². The van der Waals surface area contributed by atoms with Gasteiger partial charge in [0, 0.05) is 7.79 Å². The van der Waals surface area contributed by atoms with E-state index in [1.807, 2.05) is 6.08 Å². The Labute approximate surface area is 251 Å². The summed E-state index contributed by atoms with van der Waals surface area (Å²) in [5.41, 5.74) is 0. The van der Waals surface area contributed by atoms with Crippen LogP contribution >= 0.6 is 0 Å². The predicted molar refractivity (Wildman–Crippen MR) is 175 cm³/mol. The fourth-order valence-corrected chi connectivity index (χ4v) is 5.10. The van der Waals surface area contributed by atoms with Gasteiger partial charge in [-0.1, -0.05) is 154 Å². The Morgan fingerprint density at radius 2 is 1.07 bits per heavy atom. The van der Waals surface area contributed by atoms with Gasteiger partial charge < -0.3 is 15.5 Å². The lowest BCUT2D eigenvalue weighted by molar-refractivity contribution is -0.123. The molecule has 0 aliphatic rings. The van der Waals surface area contributed by atoms with Crippen molar-refractivity contribution in [2.45, 2.75) is 193 Å². The van der Waals surface area contributed by atoms with Crippen LogP contribution in [0, 0.1) is 0 Å². The minimum Gasteiger partial charge on any atom is -0.394 e. The molecule has 0 bridgehead atoms. The third-order valence-corrected chi connectivity index (χ3v) is 7.83. The molecule has 0 rings (SSSR count). The van der Waals surface area contributed by atoms with Crippen LogP contribution in [-0.2, 0) is 4.79 Å². The number of aliphatic hydroxyl groups is 2. The Balaban J connectivity index is 3.64. The lowest BCUT2D eigenvalue weighted by Crippen LogP contribution is -2.45. The number of rotatable bonds is 31. The molecule has 0 saturated carbocycles. The molecule has 4 nitrogen and oxygen atoms in total. The van der Waals surface area contributed by atoms with Crippen LogP contribution in [0.5, 0.6) is 0 Å². The van der Waals surface area contributed by atoms with Crippen LogP contribution in [0.3, 0.4) is 0 Å². The fraction of sp³-hybridized carbons (Fsp3) is 0.861. The van der Waals surface area contributed by atoms with E-state index in [1.54, 1.807) is 6.08 Å². The van der Waals surface area contributed by atoms with Crippen LogP contribution in [0.4, 0.5) is 0 Å². The first-order valence-corrected chi connectivity index (χ1v) is 17.3. The molecule has 0 aromatic carbocycles. The summed E-state index contributed by atoms with van der Waals surface area (Å²) >= 11 is 0. The van der Waals surface area contributed by atoms with Crippen molar-refractivity contribution in [2.75, 3.05) is 6.61 Å². The van der Waals surface area contributed by atoms with Gasteiger partial charge in [0.15, 0.2) is 0 Å². The Kier molecular flexibility index (Phi) is 29.9. The molecule has 0 radical (unpaired) electrons. The van der Waals surface area contributed by atoms with Gasteiger partial charge in [-0.3, -0.25) is 4.79 Å². The Bertz CT molecular complexity index is 595. The number of aliphatic hydroxyl groups excluding tert-OH is 2. The summed E-state index contributed by atoms with van der Waals surface area (Å²) < 4.78 is 7.15. The van der Waals surface area contributed by atoms with Crippen molar-refractivity contribution >= 4 is 5.91 Å². The zero-order chi connectivity index (χ0) is 30.1. The molecule has 0 spiro atoms. The maximum Gasteiger partial charge on any atom is 0.220 e. The number of nitrogens with one attached hydrogen (secondary N) is 1. The molecule has 236 valence electrons. The highest BCUT2D eigenvalue weighted by molar-refractivity contribution is 5.76. The first-order valence-electron chi connectivity index (χ1n) is 18.1. The molecule has 0 aromatic heterocycles. The van der Waals surface area contributed by atoms with Crippen molar-refractivity contribution in [2.24, 2.45) is 0 Å². The van der Waals surface area contributed by atoms with Gasteiger partial charge >= 0.3 is 0 Å². The second kappa shape index (κ2) is 32.4. The molecule has 0 heterocycles. The average molecular weight is 565 g/mol. The Morgan fingerprint density at radius 3 is 1.55 bits per heavy atom. The summed E-state index contributed by atoms with van der Waals surface area (Å²) in [6.07, 6.45) is 38.7. The zero-order valence-corrected chi connectivity index (χ0v) is 26.6. The number of amides is 1. The van der Waals surface area contributed by atoms with E-state index in [9.17, 15) is 15.0 Å². The van der Waals surface area contributed by atoms with Gasteiger partial charge in [0.05, 0.1) is 18.8 Å². The molecule has 0 saturated heterocycles. The molecule has 0 unspecified atom stereocenters. The van der Waals surface area contributed by atoms with Gasteiger partial charge in [-0.05, 0) is 44.9 Å². The van der Waals surface area contributed by atoms with Crippen LogP contribution in [0.2, 0.25) is 0 Å². The largest absolute Gasteiger partial charge is 0.394 e. The number of unbranched alkanes of at least 4 members (excludes halogenated alkanes) is 22. The van der Waals surface area contributed by atoms with Crippen molar-refractivity contribution in [3.05, 3.63) is 24.3 Å². The summed E-state index contributed by atoms with van der Waals surface area (Å²) in [7, 11) is 0. The highest BCUT2D eigenvalue weighted by Crippen LogP contribution is 2.13. The summed E-state index contributed by atoms with van der Waals surface area (Å²) in [6, 6.07) is -0.628. The fourth-order valence-electron chi connectivity index (χ4n) is 5.10. The smallest absolute Gasteiger partial charge is 0.220 e. The quantitative estimate of drug-likeness (QED) is 0.0579. The second-order valence-electron chi connectivity index (χ2n) is 11.8. The molecule has 1 amide bonds. The first-order chi connectivity index (χ1) is 20.2. The first kappa shape index (κ1) is 36.9. The predicted octanol–water partition coefficient (Wildman–Crippen LogP) is 10.1. The molecular formula is C36H69NO3. The molecule has 0 aliphatic heterocycles. The number of carbonyl (C=O) groups excluding carboxylic acids is 1. The molecule has 2 atom stereocenters. The minimum atomic E-state index is -0.844. The summed E-state index contributed by atoms with van der Waals surface area (Å²) in [6.45, 7) is 2.58. The SMILES string of the molecule is [2H]CCCCCCCC/C=C\CCCCCCCC(=O)N[C@@H](CO)[C@H](O)/C=C/CCCCCCCCCCCCC. The van der Waals surface area contributed by atoms with Gasteiger partial charge in [-0.2, -0.15) is 0 Å². The van der Waals surface area contributed by atoms with Crippen molar-refractivity contribution in [1.82, 2.24) is 5.32 Å². The molecule has 0 aromatic rings. The highest BCUT2D eigenvalue weighted by atomic mass is 16.3. The number of carbonyl (C=O) groups is 1. The molecule has 0 aliphatic carbocycles. The van der Waals surface area contributed by atoms with E-state index in [0.717, 1.165) is 44.9 Å². The number of allylic oxidation sites excluding steroid dienone is 3. The maximum atomic E-state index is 12.3.